The SMILES string of the molecule is CC(=O)Nc1ccc(NC2=C(c3ccc([N+](=O)[O-])cc3)C(=O)N(c3ccccc3C)C2=O)cc1. The maximum absolute atomic E-state index is 13.5. The summed E-state index contributed by atoms with van der Waals surface area (Å²) in [6.07, 6.45) is 0. The Bertz CT molecular complexity index is 1340. The Labute approximate surface area is 194 Å². The third-order valence-corrected chi connectivity index (χ3v) is 5.28. The van der Waals surface area contributed by atoms with Crippen LogP contribution in [0, 0.1) is 17.0 Å². The quantitative estimate of drug-likeness (QED) is 0.325. The number of para-hydroxylation sites is 1. The van der Waals surface area contributed by atoms with Crippen LogP contribution < -0.4 is 15.5 Å². The molecule has 0 aliphatic carbocycles. The molecule has 0 fully saturated rings. The fourth-order valence-electron chi connectivity index (χ4n) is 3.68. The molecule has 3 aromatic rings. The Morgan fingerprint density at radius 2 is 1.50 bits per heavy atom. The van der Waals surface area contributed by atoms with Gasteiger partial charge in [-0.05, 0) is 60.5 Å². The first-order valence-corrected chi connectivity index (χ1v) is 10.3. The predicted octanol–water partition coefficient (Wildman–Crippen LogP) is 4.26. The molecule has 9 nitrogen and oxygen atoms in total. The lowest BCUT2D eigenvalue weighted by atomic mass is 10.0. The van der Waals surface area contributed by atoms with Gasteiger partial charge in [0.05, 0.1) is 16.2 Å². The van der Waals surface area contributed by atoms with Gasteiger partial charge in [-0.3, -0.25) is 24.5 Å². The molecule has 1 heterocycles. The van der Waals surface area contributed by atoms with Crippen LogP contribution in [0.5, 0.6) is 0 Å². The van der Waals surface area contributed by atoms with Gasteiger partial charge in [0.25, 0.3) is 17.5 Å². The molecule has 0 saturated carbocycles. The standard InChI is InChI=1S/C25H20N4O5/c1-15-5-3-4-6-21(15)28-24(31)22(17-7-13-20(14-8-17)29(33)34)23(25(28)32)27-19-11-9-18(10-12-19)26-16(2)30/h3-14,27H,1-2H3,(H,26,30). The molecule has 3 aromatic carbocycles. The highest BCUT2D eigenvalue weighted by Gasteiger charge is 2.40. The smallest absolute Gasteiger partial charge is 0.282 e. The monoisotopic (exact) mass is 456 g/mol. The number of nitrogens with one attached hydrogen (secondary N) is 2. The van der Waals surface area contributed by atoms with Crippen molar-refractivity contribution < 1.29 is 19.3 Å². The van der Waals surface area contributed by atoms with Gasteiger partial charge in [-0.1, -0.05) is 18.2 Å². The fourth-order valence-corrected chi connectivity index (χ4v) is 3.68. The minimum absolute atomic E-state index is 0.0504. The highest BCUT2D eigenvalue weighted by atomic mass is 16.6. The van der Waals surface area contributed by atoms with Gasteiger partial charge in [0.15, 0.2) is 0 Å². The summed E-state index contributed by atoms with van der Waals surface area (Å²) < 4.78 is 0. The Kier molecular flexibility index (Phi) is 5.92. The van der Waals surface area contributed by atoms with Crippen LogP contribution in [0.4, 0.5) is 22.7 Å². The molecule has 9 heteroatoms. The molecule has 0 atom stereocenters. The molecular formula is C25H20N4O5. The van der Waals surface area contributed by atoms with Gasteiger partial charge in [0, 0.05) is 30.4 Å². The van der Waals surface area contributed by atoms with Crippen LogP contribution in [0.1, 0.15) is 18.1 Å². The molecule has 1 aliphatic rings. The molecule has 0 spiro atoms. The molecule has 170 valence electrons. The minimum Gasteiger partial charge on any atom is -0.350 e. The van der Waals surface area contributed by atoms with Crippen molar-refractivity contribution in [2.75, 3.05) is 15.5 Å². The van der Waals surface area contributed by atoms with Crippen molar-refractivity contribution in [1.29, 1.82) is 0 Å². The van der Waals surface area contributed by atoms with Crippen molar-refractivity contribution in [2.45, 2.75) is 13.8 Å². The number of imide groups is 1. The number of aryl methyl sites for hydroxylation is 1. The second-order valence-corrected chi connectivity index (χ2v) is 7.67. The lowest BCUT2D eigenvalue weighted by Gasteiger charge is -2.17. The van der Waals surface area contributed by atoms with Crippen LogP contribution in [0.2, 0.25) is 0 Å². The molecule has 2 N–H and O–H groups in total. The molecule has 1 aliphatic heterocycles. The summed E-state index contributed by atoms with van der Waals surface area (Å²) in [7, 11) is 0. The first kappa shape index (κ1) is 22.4. The summed E-state index contributed by atoms with van der Waals surface area (Å²) >= 11 is 0. The van der Waals surface area contributed by atoms with E-state index in [1.807, 2.05) is 6.07 Å². The van der Waals surface area contributed by atoms with E-state index in [0.717, 1.165) is 10.5 Å². The average Bonchev–Trinajstić information content (AvgIpc) is 3.04. The minimum atomic E-state index is -0.543. The van der Waals surface area contributed by atoms with Gasteiger partial charge in [0.2, 0.25) is 5.91 Å². The topological polar surface area (TPSA) is 122 Å². The third kappa shape index (κ3) is 4.26. The first-order valence-electron chi connectivity index (χ1n) is 10.3. The number of hydrogen-bond donors (Lipinski definition) is 2. The van der Waals surface area contributed by atoms with E-state index < -0.39 is 16.7 Å². The van der Waals surface area contributed by atoms with Crippen LogP contribution in [0.3, 0.4) is 0 Å². The Morgan fingerprint density at radius 3 is 2.09 bits per heavy atom. The normalized spacial score (nSPS) is 13.3. The lowest BCUT2D eigenvalue weighted by Crippen LogP contribution is -2.33. The van der Waals surface area contributed by atoms with E-state index in [9.17, 15) is 24.5 Å². The molecule has 34 heavy (non-hydrogen) atoms. The number of carbonyl (C=O) groups is 3. The van der Waals surface area contributed by atoms with Crippen LogP contribution in [0.15, 0.2) is 78.5 Å². The van der Waals surface area contributed by atoms with Gasteiger partial charge in [-0.15, -0.1) is 0 Å². The Hall–Kier alpha value is -4.79. The number of non-ortho nitro benzene ring substituents is 1. The second-order valence-electron chi connectivity index (χ2n) is 7.67. The van der Waals surface area contributed by atoms with Gasteiger partial charge in [-0.2, -0.15) is 0 Å². The number of rotatable bonds is 6. The number of nitro groups is 1. The van der Waals surface area contributed by atoms with E-state index in [4.69, 9.17) is 0 Å². The molecule has 0 unspecified atom stereocenters. The zero-order valence-corrected chi connectivity index (χ0v) is 18.4. The van der Waals surface area contributed by atoms with E-state index in [1.54, 1.807) is 49.4 Å². The molecule has 0 radical (unpaired) electrons. The number of nitro benzene ring substituents is 1. The summed E-state index contributed by atoms with van der Waals surface area (Å²) in [6.45, 7) is 3.20. The number of amides is 3. The van der Waals surface area contributed by atoms with Crippen LogP contribution in [-0.4, -0.2) is 22.6 Å². The zero-order valence-electron chi connectivity index (χ0n) is 18.4. The van der Waals surface area contributed by atoms with Crippen molar-refractivity contribution in [3.05, 3.63) is 99.7 Å². The fraction of sp³-hybridized carbons (Fsp3) is 0.0800. The average molecular weight is 456 g/mol. The van der Waals surface area contributed by atoms with Crippen LogP contribution in [0.25, 0.3) is 5.57 Å². The summed E-state index contributed by atoms with van der Waals surface area (Å²) in [5.41, 5.74) is 2.71. The van der Waals surface area contributed by atoms with E-state index >= 15 is 0 Å². The highest BCUT2D eigenvalue weighted by molar-refractivity contribution is 6.46. The maximum Gasteiger partial charge on any atom is 0.282 e. The summed E-state index contributed by atoms with van der Waals surface area (Å²) in [4.78, 5) is 49.8. The first-order chi connectivity index (χ1) is 16.3. The van der Waals surface area contributed by atoms with E-state index in [2.05, 4.69) is 10.6 Å². The van der Waals surface area contributed by atoms with E-state index in [1.165, 1.54) is 31.2 Å². The molecular weight excluding hydrogens is 436 g/mol. The number of anilines is 3. The van der Waals surface area contributed by atoms with Gasteiger partial charge in [-0.25, -0.2) is 4.90 Å². The molecule has 0 aromatic heterocycles. The molecule has 3 amide bonds. The van der Waals surface area contributed by atoms with Crippen molar-refractivity contribution in [1.82, 2.24) is 0 Å². The second kappa shape index (κ2) is 8.99. The van der Waals surface area contributed by atoms with Crippen LogP contribution >= 0.6 is 0 Å². The number of carbonyl (C=O) groups excluding carboxylic acids is 3. The summed E-state index contributed by atoms with van der Waals surface area (Å²) in [5, 5.41) is 16.7. The van der Waals surface area contributed by atoms with Crippen LogP contribution in [-0.2, 0) is 14.4 Å². The molecule has 4 rings (SSSR count). The number of nitrogens with zero attached hydrogens (tertiary/aromatic N) is 2. The maximum atomic E-state index is 13.5. The Balaban J connectivity index is 1.77. The number of hydrogen-bond acceptors (Lipinski definition) is 6. The van der Waals surface area contributed by atoms with E-state index in [0.29, 0.717) is 22.6 Å². The summed E-state index contributed by atoms with van der Waals surface area (Å²) in [5.74, 6) is -1.29. The third-order valence-electron chi connectivity index (χ3n) is 5.28. The largest absolute Gasteiger partial charge is 0.350 e. The number of benzene rings is 3. The van der Waals surface area contributed by atoms with Gasteiger partial charge in [0.1, 0.15) is 5.70 Å². The molecule has 0 bridgehead atoms. The lowest BCUT2D eigenvalue weighted by molar-refractivity contribution is -0.384. The van der Waals surface area contributed by atoms with Gasteiger partial charge < -0.3 is 10.6 Å². The van der Waals surface area contributed by atoms with Crippen molar-refractivity contribution >= 4 is 46.0 Å². The van der Waals surface area contributed by atoms with E-state index in [-0.39, 0.29) is 22.9 Å². The summed E-state index contributed by atoms with van der Waals surface area (Å²) in [6, 6.07) is 19.2. The Morgan fingerprint density at radius 1 is 0.882 bits per heavy atom. The zero-order chi connectivity index (χ0) is 24.4. The van der Waals surface area contributed by atoms with Gasteiger partial charge >= 0.3 is 0 Å². The molecule has 0 saturated heterocycles. The van der Waals surface area contributed by atoms with Crippen molar-refractivity contribution in [3.63, 3.8) is 0 Å². The van der Waals surface area contributed by atoms with Crippen molar-refractivity contribution in [2.24, 2.45) is 0 Å². The predicted molar refractivity (Wildman–Crippen MR) is 128 cm³/mol. The van der Waals surface area contributed by atoms with Crippen molar-refractivity contribution in [3.8, 4) is 0 Å². The highest BCUT2D eigenvalue weighted by Crippen LogP contribution is 2.35.